The van der Waals surface area contributed by atoms with E-state index in [0.717, 1.165) is 24.0 Å². The molecule has 3 aromatic rings. The van der Waals surface area contributed by atoms with Crippen LogP contribution in [0.25, 0.3) is 11.4 Å². The van der Waals surface area contributed by atoms with E-state index in [-0.39, 0.29) is 17.8 Å². The Kier molecular flexibility index (Phi) is 4.79. The Balaban J connectivity index is 1.37. The van der Waals surface area contributed by atoms with Gasteiger partial charge in [0, 0.05) is 36.4 Å². The van der Waals surface area contributed by atoms with Gasteiger partial charge in [-0.1, -0.05) is 17.3 Å². The van der Waals surface area contributed by atoms with Crippen molar-refractivity contribution < 1.29 is 13.7 Å². The van der Waals surface area contributed by atoms with Crippen molar-refractivity contribution in [2.24, 2.45) is 0 Å². The lowest BCUT2D eigenvalue weighted by molar-refractivity contribution is -0.132. The van der Waals surface area contributed by atoms with Gasteiger partial charge in [-0.2, -0.15) is 16.3 Å². The van der Waals surface area contributed by atoms with Crippen LogP contribution in [-0.2, 0) is 17.8 Å². The summed E-state index contributed by atoms with van der Waals surface area (Å²) in [6, 6.07) is 8.52. The van der Waals surface area contributed by atoms with E-state index in [1.54, 1.807) is 23.5 Å². The molecule has 134 valence electrons. The zero-order chi connectivity index (χ0) is 17.9. The van der Waals surface area contributed by atoms with E-state index < -0.39 is 0 Å². The van der Waals surface area contributed by atoms with E-state index in [1.807, 2.05) is 21.7 Å². The number of aromatic nitrogens is 2. The molecule has 5 nitrogen and oxygen atoms in total. The first-order chi connectivity index (χ1) is 12.7. The number of halogens is 1. The van der Waals surface area contributed by atoms with Crippen molar-refractivity contribution in [1.29, 1.82) is 0 Å². The molecule has 26 heavy (non-hydrogen) atoms. The Morgan fingerprint density at radius 1 is 1.27 bits per heavy atom. The molecule has 1 aliphatic carbocycles. The molecule has 0 saturated heterocycles. The Labute approximate surface area is 154 Å². The third kappa shape index (κ3) is 3.99. The summed E-state index contributed by atoms with van der Waals surface area (Å²) >= 11 is 1.57. The molecule has 1 amide bonds. The van der Waals surface area contributed by atoms with Crippen LogP contribution in [0.2, 0.25) is 0 Å². The molecule has 0 spiro atoms. The van der Waals surface area contributed by atoms with E-state index in [9.17, 15) is 9.18 Å². The van der Waals surface area contributed by atoms with Gasteiger partial charge >= 0.3 is 0 Å². The van der Waals surface area contributed by atoms with Gasteiger partial charge in [0.25, 0.3) is 0 Å². The summed E-state index contributed by atoms with van der Waals surface area (Å²) in [5, 5.41) is 7.88. The molecule has 1 aliphatic rings. The van der Waals surface area contributed by atoms with Gasteiger partial charge in [0.1, 0.15) is 5.82 Å². The van der Waals surface area contributed by atoms with Gasteiger partial charge in [0.05, 0.1) is 0 Å². The van der Waals surface area contributed by atoms with Crippen LogP contribution in [0, 0.1) is 5.82 Å². The highest BCUT2D eigenvalue weighted by molar-refractivity contribution is 7.08. The Morgan fingerprint density at radius 2 is 2.08 bits per heavy atom. The number of hydrogen-bond acceptors (Lipinski definition) is 5. The fraction of sp³-hybridized carbons (Fsp3) is 0.316. The zero-order valence-electron chi connectivity index (χ0n) is 14.1. The Hall–Kier alpha value is -2.54. The number of thiophene rings is 1. The number of carbonyl (C=O) groups excluding carboxylic acids is 1. The minimum atomic E-state index is -0.268. The summed E-state index contributed by atoms with van der Waals surface area (Å²) in [5.74, 6) is 0.819. The number of aryl methyl sites for hydroxylation is 1. The summed E-state index contributed by atoms with van der Waals surface area (Å²) in [5.41, 5.74) is 1.86. The summed E-state index contributed by atoms with van der Waals surface area (Å²) < 4.78 is 18.3. The van der Waals surface area contributed by atoms with Gasteiger partial charge < -0.3 is 9.42 Å². The topological polar surface area (TPSA) is 59.2 Å². The fourth-order valence-corrected chi connectivity index (χ4v) is 3.45. The van der Waals surface area contributed by atoms with Gasteiger partial charge in [-0.05, 0) is 42.0 Å². The van der Waals surface area contributed by atoms with E-state index in [0.29, 0.717) is 31.1 Å². The van der Waals surface area contributed by atoms with Crippen molar-refractivity contribution in [3.05, 3.63) is 58.4 Å². The molecule has 0 radical (unpaired) electrons. The van der Waals surface area contributed by atoms with Crippen LogP contribution < -0.4 is 0 Å². The second kappa shape index (κ2) is 7.37. The number of nitrogens with zero attached hydrogens (tertiary/aromatic N) is 3. The second-order valence-electron chi connectivity index (χ2n) is 6.40. The monoisotopic (exact) mass is 371 g/mol. The van der Waals surface area contributed by atoms with Gasteiger partial charge in [-0.25, -0.2) is 4.39 Å². The molecule has 0 atom stereocenters. The number of rotatable bonds is 7. The Bertz CT molecular complexity index is 873. The number of carbonyl (C=O) groups is 1. The maximum Gasteiger partial charge on any atom is 0.227 e. The highest BCUT2D eigenvalue weighted by atomic mass is 32.1. The minimum Gasteiger partial charge on any atom is -0.339 e. The summed E-state index contributed by atoms with van der Waals surface area (Å²) in [4.78, 5) is 18.9. The molecular weight excluding hydrogens is 353 g/mol. The third-order valence-electron chi connectivity index (χ3n) is 4.37. The summed E-state index contributed by atoms with van der Waals surface area (Å²) in [6.45, 7) is 0.508. The van der Waals surface area contributed by atoms with Crippen LogP contribution in [-0.4, -0.2) is 27.0 Å². The first-order valence-electron chi connectivity index (χ1n) is 8.58. The lowest BCUT2D eigenvalue weighted by Crippen LogP contribution is -2.32. The standard InChI is InChI=1S/C19H18FN3O2S/c20-15-3-1-13(2-4-15)11-23(16-5-6-16)18(24)8-7-17-21-19(22-25-17)14-9-10-26-12-14/h1-4,9-10,12,16H,5-8,11H2. The third-order valence-corrected chi connectivity index (χ3v) is 5.06. The van der Waals surface area contributed by atoms with Crippen LogP contribution >= 0.6 is 11.3 Å². The maximum absolute atomic E-state index is 13.1. The molecule has 1 aromatic carbocycles. The van der Waals surface area contributed by atoms with E-state index in [4.69, 9.17) is 4.52 Å². The first-order valence-corrected chi connectivity index (χ1v) is 9.52. The lowest BCUT2D eigenvalue weighted by atomic mass is 10.2. The van der Waals surface area contributed by atoms with Crippen molar-refractivity contribution in [1.82, 2.24) is 15.0 Å². The van der Waals surface area contributed by atoms with Crippen LogP contribution in [0.3, 0.4) is 0 Å². The van der Waals surface area contributed by atoms with Gasteiger partial charge in [0.2, 0.25) is 17.6 Å². The molecule has 4 rings (SSSR count). The largest absolute Gasteiger partial charge is 0.339 e. The molecule has 1 saturated carbocycles. The van der Waals surface area contributed by atoms with Crippen molar-refractivity contribution in [2.45, 2.75) is 38.3 Å². The lowest BCUT2D eigenvalue weighted by Gasteiger charge is -2.22. The normalized spacial score (nSPS) is 13.7. The number of amides is 1. The second-order valence-corrected chi connectivity index (χ2v) is 7.18. The average Bonchev–Trinajstić information content (AvgIpc) is 3.14. The molecule has 2 aromatic heterocycles. The van der Waals surface area contributed by atoms with Crippen LogP contribution in [0.15, 0.2) is 45.6 Å². The highest BCUT2D eigenvalue weighted by Gasteiger charge is 2.32. The van der Waals surface area contributed by atoms with Gasteiger partial charge in [-0.15, -0.1) is 0 Å². The quantitative estimate of drug-likeness (QED) is 0.628. The minimum absolute atomic E-state index is 0.0621. The molecule has 7 heteroatoms. The van der Waals surface area contributed by atoms with Crippen molar-refractivity contribution in [3.63, 3.8) is 0 Å². The summed E-state index contributed by atoms with van der Waals surface area (Å²) in [7, 11) is 0. The molecule has 2 heterocycles. The fourth-order valence-electron chi connectivity index (χ4n) is 2.82. The van der Waals surface area contributed by atoms with Crippen molar-refractivity contribution in [3.8, 4) is 11.4 Å². The molecular formula is C19H18FN3O2S. The highest BCUT2D eigenvalue weighted by Crippen LogP contribution is 2.29. The first kappa shape index (κ1) is 16.9. The smallest absolute Gasteiger partial charge is 0.227 e. The van der Waals surface area contributed by atoms with E-state index >= 15 is 0 Å². The molecule has 0 N–H and O–H groups in total. The maximum atomic E-state index is 13.1. The summed E-state index contributed by atoms with van der Waals surface area (Å²) in [6.07, 6.45) is 2.79. The molecule has 0 bridgehead atoms. The zero-order valence-corrected chi connectivity index (χ0v) is 14.9. The van der Waals surface area contributed by atoms with E-state index in [2.05, 4.69) is 10.1 Å². The van der Waals surface area contributed by atoms with Crippen LogP contribution in [0.5, 0.6) is 0 Å². The van der Waals surface area contributed by atoms with Gasteiger partial charge in [-0.3, -0.25) is 4.79 Å². The molecule has 0 unspecified atom stereocenters. The van der Waals surface area contributed by atoms with Crippen LogP contribution in [0.4, 0.5) is 4.39 Å². The SMILES string of the molecule is O=C(CCc1nc(-c2ccsc2)no1)N(Cc1ccc(F)cc1)C1CC1. The number of benzene rings is 1. The predicted octanol–water partition coefficient (Wildman–Crippen LogP) is 4.06. The van der Waals surface area contributed by atoms with Crippen LogP contribution in [0.1, 0.15) is 30.7 Å². The predicted molar refractivity (Wildman–Crippen MR) is 95.9 cm³/mol. The number of hydrogen-bond donors (Lipinski definition) is 0. The van der Waals surface area contributed by atoms with Crippen molar-refractivity contribution in [2.75, 3.05) is 0 Å². The van der Waals surface area contributed by atoms with Crippen molar-refractivity contribution >= 4 is 17.2 Å². The average molecular weight is 371 g/mol. The Morgan fingerprint density at radius 3 is 2.77 bits per heavy atom. The van der Waals surface area contributed by atoms with Gasteiger partial charge in [0.15, 0.2) is 0 Å². The molecule has 1 fully saturated rings. The van der Waals surface area contributed by atoms with E-state index in [1.165, 1.54) is 12.1 Å². The molecule has 0 aliphatic heterocycles.